The molecule has 3 N–H and O–H groups in total. The summed E-state index contributed by atoms with van der Waals surface area (Å²) >= 11 is 0. The van der Waals surface area contributed by atoms with Gasteiger partial charge in [0.05, 0.1) is 13.1 Å². The van der Waals surface area contributed by atoms with Crippen LogP contribution < -0.4 is 11.1 Å². The zero-order valence-electron chi connectivity index (χ0n) is 11.7. The van der Waals surface area contributed by atoms with Gasteiger partial charge in [0.25, 0.3) is 0 Å². The van der Waals surface area contributed by atoms with Crippen LogP contribution in [0.4, 0.5) is 11.4 Å². The lowest BCUT2D eigenvalue weighted by Gasteiger charge is -2.14. The number of nitrogens with two attached hydrogens (primary N) is 1. The second-order valence-electron chi connectivity index (χ2n) is 4.85. The van der Waals surface area contributed by atoms with E-state index in [1.54, 1.807) is 24.3 Å². The van der Waals surface area contributed by atoms with Gasteiger partial charge in [0, 0.05) is 11.4 Å². The van der Waals surface area contributed by atoms with Crippen LogP contribution in [0.15, 0.2) is 40.8 Å². The molecule has 1 aromatic heterocycles. The van der Waals surface area contributed by atoms with Crippen molar-refractivity contribution < 1.29 is 9.21 Å². The number of likely N-dealkylation sites (N-methyl/N-ethyl adjacent to an activating group) is 1. The fraction of sp³-hybridized carbons (Fsp3) is 0.267. The average molecular weight is 273 g/mol. The third kappa shape index (κ3) is 4.13. The largest absolute Gasteiger partial charge is 0.465 e. The van der Waals surface area contributed by atoms with Crippen LogP contribution in [0.1, 0.15) is 11.5 Å². The molecule has 0 aliphatic heterocycles. The molecule has 0 aliphatic carbocycles. The van der Waals surface area contributed by atoms with Crippen molar-refractivity contribution in [2.24, 2.45) is 0 Å². The number of nitrogens with zero attached hydrogens (tertiary/aromatic N) is 1. The van der Waals surface area contributed by atoms with E-state index in [4.69, 9.17) is 10.2 Å². The van der Waals surface area contributed by atoms with Crippen LogP contribution in [0.2, 0.25) is 0 Å². The number of nitrogen functional groups attached to an aromatic ring is 1. The van der Waals surface area contributed by atoms with Gasteiger partial charge in [-0.2, -0.15) is 0 Å². The van der Waals surface area contributed by atoms with Gasteiger partial charge in [0.15, 0.2) is 0 Å². The number of aryl methyl sites for hydroxylation is 1. The van der Waals surface area contributed by atoms with Crippen LogP contribution in [-0.2, 0) is 11.3 Å². The topological polar surface area (TPSA) is 71.5 Å². The van der Waals surface area contributed by atoms with Crippen molar-refractivity contribution in [2.75, 3.05) is 24.6 Å². The fourth-order valence-electron chi connectivity index (χ4n) is 1.90. The third-order valence-corrected chi connectivity index (χ3v) is 2.83. The normalized spacial score (nSPS) is 10.8. The number of rotatable bonds is 5. The molecule has 20 heavy (non-hydrogen) atoms. The number of carbonyl (C=O) groups is 1. The minimum atomic E-state index is -0.0689. The van der Waals surface area contributed by atoms with Crippen molar-refractivity contribution in [1.82, 2.24) is 4.90 Å². The molecule has 2 aromatic rings. The van der Waals surface area contributed by atoms with Gasteiger partial charge < -0.3 is 15.5 Å². The summed E-state index contributed by atoms with van der Waals surface area (Å²) < 4.78 is 5.48. The summed E-state index contributed by atoms with van der Waals surface area (Å²) in [5.41, 5.74) is 7.01. The molecular formula is C15H19N3O2. The van der Waals surface area contributed by atoms with Gasteiger partial charge in [0.2, 0.25) is 5.91 Å². The van der Waals surface area contributed by atoms with Gasteiger partial charge in [-0.1, -0.05) is 0 Å². The number of furan rings is 1. The average Bonchev–Trinajstić information content (AvgIpc) is 2.77. The van der Waals surface area contributed by atoms with E-state index in [-0.39, 0.29) is 5.91 Å². The lowest BCUT2D eigenvalue weighted by molar-refractivity contribution is -0.117. The van der Waals surface area contributed by atoms with E-state index in [9.17, 15) is 4.79 Å². The first-order valence-electron chi connectivity index (χ1n) is 6.42. The molecule has 0 radical (unpaired) electrons. The molecule has 0 atom stereocenters. The molecule has 0 saturated heterocycles. The fourth-order valence-corrected chi connectivity index (χ4v) is 1.90. The van der Waals surface area contributed by atoms with E-state index >= 15 is 0 Å². The van der Waals surface area contributed by atoms with Crippen molar-refractivity contribution in [3.05, 3.63) is 47.9 Å². The minimum Gasteiger partial charge on any atom is -0.465 e. The standard InChI is InChI=1S/C15H19N3O2/c1-11-3-8-14(20-11)9-18(2)10-15(19)17-13-6-4-12(16)5-7-13/h3-8H,9-10,16H2,1-2H3,(H,17,19). The summed E-state index contributed by atoms with van der Waals surface area (Å²) in [4.78, 5) is 13.8. The molecule has 1 aromatic carbocycles. The number of amides is 1. The Bertz CT molecular complexity index is 575. The molecule has 0 bridgehead atoms. The molecule has 5 nitrogen and oxygen atoms in total. The van der Waals surface area contributed by atoms with E-state index in [1.165, 1.54) is 0 Å². The highest BCUT2D eigenvalue weighted by Crippen LogP contribution is 2.11. The van der Waals surface area contributed by atoms with Crippen LogP contribution in [0, 0.1) is 6.92 Å². The summed E-state index contributed by atoms with van der Waals surface area (Å²) in [5, 5.41) is 2.82. The van der Waals surface area contributed by atoms with Crippen molar-refractivity contribution in [3.8, 4) is 0 Å². The van der Waals surface area contributed by atoms with Crippen LogP contribution >= 0.6 is 0 Å². The predicted molar refractivity (Wildman–Crippen MR) is 79.3 cm³/mol. The number of carbonyl (C=O) groups excluding carboxylic acids is 1. The van der Waals surface area contributed by atoms with Gasteiger partial charge in [-0.15, -0.1) is 0 Å². The van der Waals surface area contributed by atoms with Crippen LogP contribution in [-0.4, -0.2) is 24.4 Å². The molecule has 1 heterocycles. The first-order chi connectivity index (χ1) is 9.52. The Hall–Kier alpha value is -2.27. The maximum absolute atomic E-state index is 11.9. The lowest BCUT2D eigenvalue weighted by Crippen LogP contribution is -2.29. The predicted octanol–water partition coefficient (Wildman–Crippen LogP) is 2.24. The molecule has 1 amide bonds. The highest BCUT2D eigenvalue weighted by Gasteiger charge is 2.09. The minimum absolute atomic E-state index is 0.0689. The number of hydrogen-bond donors (Lipinski definition) is 2. The van der Waals surface area contributed by atoms with Crippen molar-refractivity contribution in [1.29, 1.82) is 0 Å². The zero-order valence-corrected chi connectivity index (χ0v) is 11.7. The molecule has 106 valence electrons. The van der Waals surface area contributed by atoms with Gasteiger partial charge in [-0.05, 0) is 50.4 Å². The summed E-state index contributed by atoms with van der Waals surface area (Å²) in [6.07, 6.45) is 0. The molecule has 5 heteroatoms. The Kier molecular flexibility index (Phi) is 4.42. The molecule has 0 saturated carbocycles. The SMILES string of the molecule is Cc1ccc(CN(C)CC(=O)Nc2ccc(N)cc2)o1. The quantitative estimate of drug-likeness (QED) is 0.820. The number of hydrogen-bond acceptors (Lipinski definition) is 4. The summed E-state index contributed by atoms with van der Waals surface area (Å²) in [6, 6.07) is 10.9. The smallest absolute Gasteiger partial charge is 0.238 e. The van der Waals surface area contributed by atoms with E-state index < -0.39 is 0 Å². The van der Waals surface area contributed by atoms with E-state index in [0.717, 1.165) is 17.2 Å². The lowest BCUT2D eigenvalue weighted by atomic mass is 10.3. The number of benzene rings is 1. The molecular weight excluding hydrogens is 254 g/mol. The number of anilines is 2. The third-order valence-electron chi connectivity index (χ3n) is 2.83. The second-order valence-corrected chi connectivity index (χ2v) is 4.85. The highest BCUT2D eigenvalue weighted by molar-refractivity contribution is 5.92. The van der Waals surface area contributed by atoms with Gasteiger partial charge in [-0.3, -0.25) is 9.69 Å². The van der Waals surface area contributed by atoms with Gasteiger partial charge in [-0.25, -0.2) is 0 Å². The second kappa shape index (κ2) is 6.25. The maximum Gasteiger partial charge on any atom is 0.238 e. The van der Waals surface area contributed by atoms with Crippen molar-refractivity contribution in [3.63, 3.8) is 0 Å². The molecule has 0 unspecified atom stereocenters. The summed E-state index contributed by atoms with van der Waals surface area (Å²) in [7, 11) is 1.88. The Morgan fingerprint density at radius 1 is 1.25 bits per heavy atom. The van der Waals surface area contributed by atoms with E-state index in [0.29, 0.717) is 18.8 Å². The van der Waals surface area contributed by atoms with Crippen LogP contribution in [0.3, 0.4) is 0 Å². The monoisotopic (exact) mass is 273 g/mol. The first-order valence-corrected chi connectivity index (χ1v) is 6.42. The van der Waals surface area contributed by atoms with Gasteiger partial charge in [0.1, 0.15) is 11.5 Å². The Morgan fingerprint density at radius 2 is 1.95 bits per heavy atom. The molecule has 0 fully saturated rings. The highest BCUT2D eigenvalue weighted by atomic mass is 16.3. The molecule has 0 spiro atoms. The maximum atomic E-state index is 11.9. The number of nitrogens with one attached hydrogen (secondary N) is 1. The van der Waals surface area contributed by atoms with E-state index in [1.807, 2.05) is 31.0 Å². The van der Waals surface area contributed by atoms with E-state index in [2.05, 4.69) is 5.32 Å². The zero-order chi connectivity index (χ0) is 14.5. The summed E-state index contributed by atoms with van der Waals surface area (Å²) in [5.74, 6) is 1.66. The van der Waals surface area contributed by atoms with Crippen LogP contribution in [0.5, 0.6) is 0 Å². The Balaban J connectivity index is 1.83. The molecule has 2 rings (SSSR count). The van der Waals surface area contributed by atoms with Crippen molar-refractivity contribution in [2.45, 2.75) is 13.5 Å². The summed E-state index contributed by atoms with van der Waals surface area (Å²) in [6.45, 7) is 2.80. The van der Waals surface area contributed by atoms with Crippen molar-refractivity contribution >= 4 is 17.3 Å². The Labute approximate surface area is 118 Å². The Morgan fingerprint density at radius 3 is 2.55 bits per heavy atom. The first kappa shape index (κ1) is 14.1. The van der Waals surface area contributed by atoms with Crippen LogP contribution in [0.25, 0.3) is 0 Å². The van der Waals surface area contributed by atoms with Gasteiger partial charge >= 0.3 is 0 Å². The molecule has 0 aliphatic rings.